The van der Waals surface area contributed by atoms with Gasteiger partial charge in [0.05, 0.1) is 39.6 Å². The minimum absolute atomic E-state index is 0.0506. The van der Waals surface area contributed by atoms with Crippen LogP contribution in [0, 0.1) is 0 Å². The van der Waals surface area contributed by atoms with Crippen LogP contribution in [0.25, 0.3) is 0 Å². The van der Waals surface area contributed by atoms with Crippen molar-refractivity contribution in [3.05, 3.63) is 34.3 Å². The number of carbonyl (C=O) groups is 1. The van der Waals surface area contributed by atoms with E-state index in [1.165, 1.54) is 0 Å². The van der Waals surface area contributed by atoms with Gasteiger partial charge in [0.25, 0.3) is 0 Å². The second kappa shape index (κ2) is 11.8. The third kappa shape index (κ3) is 8.28. The molecule has 0 heterocycles. The predicted molar refractivity (Wildman–Crippen MR) is 82.8 cm³/mol. The summed E-state index contributed by atoms with van der Waals surface area (Å²) in [5, 5.41) is 0. The topological polar surface area (TPSA) is 54.0 Å². The highest BCUT2D eigenvalue weighted by Gasteiger charge is 2.08. The van der Waals surface area contributed by atoms with E-state index < -0.39 is 0 Å². The molecule has 1 rings (SSSR count). The monoisotopic (exact) mass is 360 g/mol. The highest BCUT2D eigenvalue weighted by molar-refractivity contribution is 9.10. The molecule has 118 valence electrons. The first-order valence-electron chi connectivity index (χ1n) is 6.75. The van der Waals surface area contributed by atoms with Crippen molar-refractivity contribution in [1.29, 1.82) is 0 Å². The molecule has 0 radical (unpaired) electrons. The van der Waals surface area contributed by atoms with Crippen LogP contribution in [0.3, 0.4) is 0 Å². The Kier molecular flexibility index (Phi) is 10.3. The highest BCUT2D eigenvalue weighted by Crippen LogP contribution is 2.16. The Morgan fingerprint density at radius 2 is 1.52 bits per heavy atom. The predicted octanol–water partition coefficient (Wildman–Crippen LogP) is 2.33. The number of rotatable bonds is 12. The van der Waals surface area contributed by atoms with Crippen LogP contribution in [0.2, 0.25) is 0 Å². The Morgan fingerprint density at radius 3 is 2.14 bits per heavy atom. The van der Waals surface area contributed by atoms with E-state index in [4.69, 9.17) is 18.9 Å². The standard InChI is InChI=1S/C15H21BrO5/c1-18-6-7-19-8-9-20-10-11-21-12-15(17)13-4-2-3-5-14(13)16/h2-5H,6-12H2,1H3. The Bertz CT molecular complexity index is 411. The number of Topliss-reactive ketones (excluding diaryl/α,β-unsaturated/α-hetero) is 1. The molecule has 0 spiro atoms. The number of carbonyl (C=O) groups excluding carboxylic acids is 1. The van der Waals surface area contributed by atoms with Gasteiger partial charge < -0.3 is 18.9 Å². The zero-order chi connectivity index (χ0) is 15.3. The van der Waals surface area contributed by atoms with E-state index in [9.17, 15) is 4.79 Å². The van der Waals surface area contributed by atoms with Crippen LogP contribution in [0.1, 0.15) is 10.4 Å². The first-order valence-corrected chi connectivity index (χ1v) is 7.55. The molecule has 1 aromatic carbocycles. The van der Waals surface area contributed by atoms with Crippen molar-refractivity contribution in [2.24, 2.45) is 0 Å². The van der Waals surface area contributed by atoms with Gasteiger partial charge in [-0.3, -0.25) is 4.79 Å². The average Bonchev–Trinajstić information content (AvgIpc) is 2.49. The van der Waals surface area contributed by atoms with E-state index in [2.05, 4.69) is 15.9 Å². The van der Waals surface area contributed by atoms with Crippen molar-refractivity contribution in [3.63, 3.8) is 0 Å². The molecule has 0 N–H and O–H groups in total. The minimum Gasteiger partial charge on any atom is -0.382 e. The molecule has 1 aromatic rings. The lowest BCUT2D eigenvalue weighted by atomic mass is 10.1. The van der Waals surface area contributed by atoms with Crippen LogP contribution >= 0.6 is 15.9 Å². The van der Waals surface area contributed by atoms with Crippen LogP contribution in [0.4, 0.5) is 0 Å². The van der Waals surface area contributed by atoms with Gasteiger partial charge in [0, 0.05) is 17.1 Å². The Morgan fingerprint density at radius 1 is 0.952 bits per heavy atom. The van der Waals surface area contributed by atoms with Crippen molar-refractivity contribution in [2.45, 2.75) is 0 Å². The molecule has 0 aromatic heterocycles. The quantitative estimate of drug-likeness (QED) is 0.423. The van der Waals surface area contributed by atoms with Crippen molar-refractivity contribution < 1.29 is 23.7 Å². The number of ketones is 1. The van der Waals surface area contributed by atoms with Crippen LogP contribution < -0.4 is 0 Å². The van der Waals surface area contributed by atoms with Gasteiger partial charge in [-0.1, -0.05) is 34.1 Å². The summed E-state index contributed by atoms with van der Waals surface area (Å²) in [7, 11) is 1.63. The Balaban J connectivity index is 1.99. The molecule has 0 aliphatic carbocycles. The van der Waals surface area contributed by atoms with Gasteiger partial charge in [-0.2, -0.15) is 0 Å². The summed E-state index contributed by atoms with van der Waals surface area (Å²) in [5.74, 6) is -0.0506. The largest absolute Gasteiger partial charge is 0.382 e. The van der Waals surface area contributed by atoms with Crippen molar-refractivity contribution in [1.82, 2.24) is 0 Å². The number of halogens is 1. The summed E-state index contributed by atoms with van der Waals surface area (Å²) in [6.07, 6.45) is 0. The number of ether oxygens (including phenoxy) is 4. The van der Waals surface area contributed by atoms with E-state index in [1.807, 2.05) is 18.2 Å². The van der Waals surface area contributed by atoms with Crippen LogP contribution in [-0.2, 0) is 18.9 Å². The van der Waals surface area contributed by atoms with Crippen LogP contribution in [0.5, 0.6) is 0 Å². The molecule has 0 fully saturated rings. The molecule has 0 atom stereocenters. The van der Waals surface area contributed by atoms with Gasteiger partial charge in [0.15, 0.2) is 5.78 Å². The zero-order valence-electron chi connectivity index (χ0n) is 12.2. The number of hydrogen-bond acceptors (Lipinski definition) is 5. The fourth-order valence-electron chi connectivity index (χ4n) is 1.51. The van der Waals surface area contributed by atoms with E-state index in [0.29, 0.717) is 45.2 Å². The first-order chi connectivity index (χ1) is 10.3. The summed E-state index contributed by atoms with van der Waals surface area (Å²) in [6.45, 7) is 3.06. The number of hydrogen-bond donors (Lipinski definition) is 0. The maximum absolute atomic E-state index is 11.9. The normalized spacial score (nSPS) is 10.8. The van der Waals surface area contributed by atoms with Crippen molar-refractivity contribution in [3.8, 4) is 0 Å². The van der Waals surface area contributed by atoms with Gasteiger partial charge in [-0.25, -0.2) is 0 Å². The molecule has 0 saturated carbocycles. The zero-order valence-corrected chi connectivity index (χ0v) is 13.8. The third-order valence-electron chi connectivity index (χ3n) is 2.58. The molecule has 0 bridgehead atoms. The van der Waals surface area contributed by atoms with Gasteiger partial charge in [-0.05, 0) is 6.07 Å². The van der Waals surface area contributed by atoms with Crippen molar-refractivity contribution in [2.75, 3.05) is 53.4 Å². The second-order valence-corrected chi connectivity index (χ2v) is 5.03. The van der Waals surface area contributed by atoms with Gasteiger partial charge in [0.1, 0.15) is 6.61 Å². The molecule has 6 heteroatoms. The lowest BCUT2D eigenvalue weighted by Crippen LogP contribution is -2.14. The third-order valence-corrected chi connectivity index (χ3v) is 3.27. The van der Waals surface area contributed by atoms with Crippen molar-refractivity contribution >= 4 is 21.7 Å². The fraction of sp³-hybridized carbons (Fsp3) is 0.533. The summed E-state index contributed by atoms with van der Waals surface area (Å²) < 4.78 is 21.5. The fourth-order valence-corrected chi connectivity index (χ4v) is 2.02. The SMILES string of the molecule is COCCOCCOCCOCC(=O)c1ccccc1Br. The summed E-state index contributed by atoms with van der Waals surface area (Å²) in [5.41, 5.74) is 0.630. The molecule has 0 amide bonds. The lowest BCUT2D eigenvalue weighted by Gasteiger charge is -2.07. The molecule has 5 nitrogen and oxygen atoms in total. The summed E-state index contributed by atoms with van der Waals surface area (Å²) >= 11 is 3.34. The highest BCUT2D eigenvalue weighted by atomic mass is 79.9. The number of methoxy groups -OCH3 is 1. The van der Waals surface area contributed by atoms with Gasteiger partial charge in [0.2, 0.25) is 0 Å². The minimum atomic E-state index is -0.0506. The Hall–Kier alpha value is -0.790. The van der Waals surface area contributed by atoms with E-state index in [0.717, 1.165) is 4.47 Å². The maximum atomic E-state index is 11.9. The molecule has 0 unspecified atom stereocenters. The van der Waals surface area contributed by atoms with Crippen LogP contribution in [-0.4, -0.2) is 59.1 Å². The summed E-state index contributed by atoms with van der Waals surface area (Å²) in [6, 6.07) is 7.29. The smallest absolute Gasteiger partial charge is 0.189 e. The second-order valence-electron chi connectivity index (χ2n) is 4.17. The molecule has 21 heavy (non-hydrogen) atoms. The molecule has 0 saturated heterocycles. The summed E-state index contributed by atoms with van der Waals surface area (Å²) in [4.78, 5) is 11.9. The lowest BCUT2D eigenvalue weighted by molar-refractivity contribution is 0.00491. The first kappa shape index (κ1) is 18.3. The van der Waals surface area contributed by atoms with E-state index >= 15 is 0 Å². The van der Waals surface area contributed by atoms with E-state index in [-0.39, 0.29) is 12.4 Å². The van der Waals surface area contributed by atoms with Gasteiger partial charge >= 0.3 is 0 Å². The number of benzene rings is 1. The molecular weight excluding hydrogens is 340 g/mol. The maximum Gasteiger partial charge on any atom is 0.189 e. The van der Waals surface area contributed by atoms with Crippen LogP contribution in [0.15, 0.2) is 28.7 Å². The van der Waals surface area contributed by atoms with Gasteiger partial charge in [-0.15, -0.1) is 0 Å². The average molecular weight is 361 g/mol. The van der Waals surface area contributed by atoms with E-state index in [1.54, 1.807) is 13.2 Å². The Labute approximate surface area is 133 Å². The molecule has 0 aliphatic heterocycles. The molecular formula is C15H21BrO5. The molecule has 0 aliphatic rings.